The summed E-state index contributed by atoms with van der Waals surface area (Å²) in [6.07, 6.45) is 9.63. The Morgan fingerprint density at radius 1 is 0.974 bits per heavy atom. The molecule has 2 N–H and O–H groups in total. The second-order valence-corrected chi connectivity index (χ2v) is 11.4. The van der Waals surface area contributed by atoms with Gasteiger partial charge in [-0.15, -0.1) is 11.3 Å². The average Bonchev–Trinajstić information content (AvgIpc) is 3.71. The third kappa shape index (κ3) is 4.56. The molecule has 39 heavy (non-hydrogen) atoms. The molecule has 0 radical (unpaired) electrons. The van der Waals surface area contributed by atoms with E-state index in [1.54, 1.807) is 13.1 Å². The summed E-state index contributed by atoms with van der Waals surface area (Å²) in [7, 11) is 0. The van der Waals surface area contributed by atoms with E-state index in [0.29, 0.717) is 0 Å². The zero-order chi connectivity index (χ0) is 26.3. The van der Waals surface area contributed by atoms with Crippen LogP contribution in [0.5, 0.6) is 0 Å². The number of carbonyl (C=O) groups excluding carboxylic acids is 1. The highest BCUT2D eigenvalue weighted by molar-refractivity contribution is 7.17. The minimum atomic E-state index is 0.0809. The lowest BCUT2D eigenvalue weighted by Gasteiger charge is -2.26. The Bertz CT molecular complexity index is 1820. The minimum Gasteiger partial charge on any atom is -0.338 e. The predicted molar refractivity (Wildman–Crippen MR) is 157 cm³/mol. The van der Waals surface area contributed by atoms with Gasteiger partial charge < -0.3 is 4.98 Å². The van der Waals surface area contributed by atoms with Crippen molar-refractivity contribution in [1.82, 2.24) is 30.0 Å². The third-order valence-electron chi connectivity index (χ3n) is 7.55. The van der Waals surface area contributed by atoms with Gasteiger partial charge >= 0.3 is 0 Å². The predicted octanol–water partition coefficient (Wildman–Crippen LogP) is 7.09. The highest BCUT2D eigenvalue weighted by Crippen LogP contribution is 2.37. The van der Waals surface area contributed by atoms with E-state index in [4.69, 9.17) is 0 Å². The van der Waals surface area contributed by atoms with Crippen LogP contribution in [0.2, 0.25) is 0 Å². The normalized spacial score (nSPS) is 14.4. The SMILES string of the molecule is CC(=O)c1ccc(-c2ccnc3[nH]c(-c4n[nH]c5ccc(-c6cncc(CN7CCCCC7)c6)cc45)cc23)s1. The molecular weight excluding hydrogens is 504 g/mol. The molecule has 5 aromatic heterocycles. The number of carbonyl (C=O) groups is 1. The lowest BCUT2D eigenvalue weighted by atomic mass is 10.0. The number of hydrogen-bond acceptors (Lipinski definition) is 6. The molecule has 7 rings (SSSR count). The minimum absolute atomic E-state index is 0.0809. The number of nitrogens with one attached hydrogen (secondary N) is 2. The monoisotopic (exact) mass is 532 g/mol. The fraction of sp³-hybridized carbons (Fsp3) is 0.226. The summed E-state index contributed by atoms with van der Waals surface area (Å²) in [6.45, 7) is 4.88. The number of nitrogens with zero attached hydrogens (tertiary/aromatic N) is 4. The lowest BCUT2D eigenvalue weighted by molar-refractivity contribution is 0.102. The molecular formula is C31H28N6OS. The van der Waals surface area contributed by atoms with Crippen molar-refractivity contribution >= 4 is 39.1 Å². The molecule has 1 aromatic carbocycles. The summed E-state index contributed by atoms with van der Waals surface area (Å²) in [4.78, 5) is 28.8. The topological polar surface area (TPSA) is 90.6 Å². The number of H-pyrrole nitrogens is 2. The highest BCUT2D eigenvalue weighted by atomic mass is 32.1. The number of aromatic nitrogens is 5. The van der Waals surface area contributed by atoms with Crippen molar-refractivity contribution in [2.24, 2.45) is 0 Å². The molecule has 0 spiro atoms. The van der Waals surface area contributed by atoms with E-state index in [9.17, 15) is 4.79 Å². The zero-order valence-electron chi connectivity index (χ0n) is 21.7. The number of pyridine rings is 2. The lowest BCUT2D eigenvalue weighted by Crippen LogP contribution is -2.29. The van der Waals surface area contributed by atoms with Crippen molar-refractivity contribution in [3.05, 3.63) is 77.6 Å². The second kappa shape index (κ2) is 9.87. The maximum atomic E-state index is 11.9. The standard InChI is InChI=1S/C31H28N6OS/c1-19(38)28-7-8-29(39-28)23-9-10-33-31-24(23)15-27(34-31)30-25-14-21(5-6-26(25)35-36-30)22-13-20(16-32-17-22)18-37-11-3-2-4-12-37/h5-10,13-17H,2-4,11-12,18H2,1H3,(H,33,34)(H,35,36). The number of fused-ring (bicyclic) bond motifs is 2. The number of hydrogen-bond donors (Lipinski definition) is 2. The summed E-state index contributed by atoms with van der Waals surface area (Å²) in [5.74, 6) is 0.0809. The Balaban J connectivity index is 1.25. The molecule has 0 saturated carbocycles. The van der Waals surface area contributed by atoms with Gasteiger partial charge in [0.05, 0.1) is 16.1 Å². The molecule has 8 heteroatoms. The molecule has 1 aliphatic heterocycles. The van der Waals surface area contributed by atoms with Crippen LogP contribution < -0.4 is 0 Å². The number of Topliss-reactive ketones (excluding diaryl/α,β-unsaturated/α-hetero) is 1. The maximum Gasteiger partial charge on any atom is 0.169 e. The fourth-order valence-corrected chi connectivity index (χ4v) is 6.49. The van der Waals surface area contributed by atoms with Crippen LogP contribution in [0.4, 0.5) is 0 Å². The van der Waals surface area contributed by atoms with Crippen LogP contribution in [0, 0.1) is 0 Å². The Hall–Kier alpha value is -4.14. The van der Waals surface area contributed by atoms with Crippen LogP contribution in [-0.4, -0.2) is 48.9 Å². The first-order chi connectivity index (χ1) is 19.1. The van der Waals surface area contributed by atoms with Gasteiger partial charge in [0.1, 0.15) is 11.3 Å². The smallest absolute Gasteiger partial charge is 0.169 e. The van der Waals surface area contributed by atoms with Gasteiger partial charge in [0.15, 0.2) is 5.78 Å². The van der Waals surface area contributed by atoms with Crippen molar-refractivity contribution in [2.75, 3.05) is 13.1 Å². The summed E-state index contributed by atoms with van der Waals surface area (Å²) < 4.78 is 0. The first-order valence-corrected chi connectivity index (χ1v) is 14.2. The van der Waals surface area contributed by atoms with Crippen molar-refractivity contribution in [3.8, 4) is 33.0 Å². The van der Waals surface area contributed by atoms with Crippen LogP contribution in [0.15, 0.2) is 67.1 Å². The number of ketones is 1. The molecule has 0 unspecified atom stereocenters. The summed E-state index contributed by atoms with van der Waals surface area (Å²) >= 11 is 1.51. The van der Waals surface area contributed by atoms with Gasteiger partial charge in [0.2, 0.25) is 0 Å². The number of thiophene rings is 1. The van der Waals surface area contributed by atoms with Gasteiger partial charge in [0.25, 0.3) is 0 Å². The highest BCUT2D eigenvalue weighted by Gasteiger charge is 2.17. The third-order valence-corrected chi connectivity index (χ3v) is 8.77. The molecule has 1 aliphatic rings. The molecule has 0 bridgehead atoms. The van der Waals surface area contributed by atoms with Crippen molar-refractivity contribution in [3.63, 3.8) is 0 Å². The van der Waals surface area contributed by atoms with E-state index in [0.717, 1.165) is 66.3 Å². The van der Waals surface area contributed by atoms with Gasteiger partial charge in [-0.2, -0.15) is 5.10 Å². The van der Waals surface area contributed by atoms with E-state index >= 15 is 0 Å². The molecule has 1 fully saturated rings. The molecule has 194 valence electrons. The van der Waals surface area contributed by atoms with Crippen LogP contribution in [0.25, 0.3) is 54.9 Å². The Kier molecular flexibility index (Phi) is 6.06. The Labute approximate surface area is 229 Å². The number of rotatable bonds is 6. The number of aromatic amines is 2. The van der Waals surface area contributed by atoms with Crippen LogP contribution in [0.3, 0.4) is 0 Å². The van der Waals surface area contributed by atoms with E-state index in [1.165, 1.54) is 49.3 Å². The Morgan fingerprint density at radius 3 is 2.72 bits per heavy atom. The molecule has 0 amide bonds. The first kappa shape index (κ1) is 23.9. The van der Waals surface area contributed by atoms with Crippen molar-refractivity contribution in [1.29, 1.82) is 0 Å². The summed E-state index contributed by atoms with van der Waals surface area (Å²) in [5.41, 5.74) is 8.04. The summed E-state index contributed by atoms with van der Waals surface area (Å²) in [5, 5.41) is 9.91. The van der Waals surface area contributed by atoms with Crippen LogP contribution in [0.1, 0.15) is 41.4 Å². The molecule has 7 nitrogen and oxygen atoms in total. The Morgan fingerprint density at radius 2 is 1.87 bits per heavy atom. The van der Waals surface area contributed by atoms with Gasteiger partial charge in [-0.3, -0.25) is 19.8 Å². The van der Waals surface area contributed by atoms with Crippen LogP contribution >= 0.6 is 11.3 Å². The van der Waals surface area contributed by atoms with E-state index in [-0.39, 0.29) is 5.78 Å². The van der Waals surface area contributed by atoms with Crippen LogP contribution in [-0.2, 0) is 6.54 Å². The maximum absolute atomic E-state index is 11.9. The van der Waals surface area contributed by atoms with Gasteiger partial charge in [-0.1, -0.05) is 12.5 Å². The van der Waals surface area contributed by atoms with Crippen molar-refractivity contribution in [2.45, 2.75) is 32.7 Å². The fourth-order valence-electron chi connectivity index (χ4n) is 5.55. The molecule has 0 atom stereocenters. The molecule has 1 saturated heterocycles. The first-order valence-electron chi connectivity index (χ1n) is 13.4. The van der Waals surface area contributed by atoms with Gasteiger partial charge in [-0.05, 0) is 86.4 Å². The molecule has 6 aromatic rings. The summed E-state index contributed by atoms with van der Waals surface area (Å²) in [6, 6.07) is 16.7. The number of benzene rings is 1. The molecule has 0 aliphatic carbocycles. The zero-order valence-corrected chi connectivity index (χ0v) is 22.5. The van der Waals surface area contributed by atoms with Gasteiger partial charge in [-0.25, -0.2) is 4.98 Å². The quantitative estimate of drug-likeness (QED) is 0.224. The largest absolute Gasteiger partial charge is 0.338 e. The molecule has 6 heterocycles. The second-order valence-electron chi connectivity index (χ2n) is 10.3. The van der Waals surface area contributed by atoms with E-state index < -0.39 is 0 Å². The number of likely N-dealkylation sites (tertiary alicyclic amines) is 1. The van der Waals surface area contributed by atoms with E-state index in [2.05, 4.69) is 60.4 Å². The van der Waals surface area contributed by atoms with Gasteiger partial charge in [0, 0.05) is 51.9 Å². The number of piperidine rings is 1. The van der Waals surface area contributed by atoms with E-state index in [1.807, 2.05) is 30.6 Å². The van der Waals surface area contributed by atoms with Crippen molar-refractivity contribution < 1.29 is 4.79 Å². The average molecular weight is 533 g/mol.